The monoisotopic (exact) mass is 267 g/mol. The van der Waals surface area contributed by atoms with Crippen LogP contribution in [0, 0.1) is 5.92 Å². The van der Waals surface area contributed by atoms with E-state index in [1.54, 1.807) is 11.8 Å². The van der Waals surface area contributed by atoms with Crippen LogP contribution < -0.4 is 11.2 Å². The molecule has 104 valence electrons. The highest BCUT2D eigenvalue weighted by molar-refractivity contribution is 5.78. The van der Waals surface area contributed by atoms with Crippen LogP contribution in [0.4, 0.5) is 0 Å². The van der Waals surface area contributed by atoms with Crippen LogP contribution in [0.5, 0.6) is 0 Å². The zero-order valence-corrected chi connectivity index (χ0v) is 10.7. The fourth-order valence-electron chi connectivity index (χ4n) is 2.30. The number of likely N-dealkylation sites (tertiary alicyclic amines) is 1. The second-order valence-corrected chi connectivity index (χ2v) is 4.92. The number of aromatic amines is 2. The molecule has 0 aliphatic carbocycles. The first-order chi connectivity index (χ1) is 8.95. The van der Waals surface area contributed by atoms with Gasteiger partial charge in [-0.1, -0.05) is 0 Å². The normalized spacial score (nSPS) is 20.5. The van der Waals surface area contributed by atoms with E-state index < -0.39 is 17.4 Å². The van der Waals surface area contributed by atoms with Crippen molar-refractivity contribution in [2.24, 2.45) is 5.92 Å². The smallest absolute Gasteiger partial charge is 0.325 e. The van der Waals surface area contributed by atoms with Crippen LogP contribution in [0.1, 0.15) is 19.0 Å². The molecule has 2 unspecified atom stereocenters. The number of aliphatic hydroxyl groups excluding tert-OH is 1. The fourth-order valence-corrected chi connectivity index (χ4v) is 2.30. The van der Waals surface area contributed by atoms with E-state index >= 15 is 0 Å². The summed E-state index contributed by atoms with van der Waals surface area (Å²) in [7, 11) is 0. The number of rotatable bonds is 3. The second kappa shape index (κ2) is 5.40. The molecule has 1 aliphatic heterocycles. The van der Waals surface area contributed by atoms with Crippen LogP contribution in [-0.4, -0.2) is 45.1 Å². The van der Waals surface area contributed by atoms with Crippen molar-refractivity contribution in [1.82, 2.24) is 14.9 Å². The van der Waals surface area contributed by atoms with E-state index in [9.17, 15) is 19.5 Å². The average Bonchev–Trinajstić information content (AvgIpc) is 2.76. The van der Waals surface area contributed by atoms with Crippen LogP contribution in [-0.2, 0) is 11.2 Å². The number of amides is 1. The highest BCUT2D eigenvalue weighted by Gasteiger charge is 2.28. The molecule has 0 aromatic carbocycles. The Labute approximate surface area is 109 Å². The van der Waals surface area contributed by atoms with E-state index in [-0.39, 0.29) is 18.2 Å². The lowest BCUT2D eigenvalue weighted by molar-refractivity contribution is -0.129. The lowest BCUT2D eigenvalue weighted by Crippen LogP contribution is -2.33. The number of carbonyl (C=O) groups is 1. The van der Waals surface area contributed by atoms with Crippen molar-refractivity contribution < 1.29 is 9.90 Å². The Bertz CT molecular complexity index is 547. The summed E-state index contributed by atoms with van der Waals surface area (Å²) in [6, 6.07) is 1.21. The highest BCUT2D eigenvalue weighted by atomic mass is 16.3. The van der Waals surface area contributed by atoms with Crippen molar-refractivity contribution in [2.75, 3.05) is 13.1 Å². The average molecular weight is 267 g/mol. The SMILES string of the molecule is CC(O)C1CCN(C(=O)Cc2cc(=O)[nH]c(=O)[nH]2)C1. The summed E-state index contributed by atoms with van der Waals surface area (Å²) in [5.74, 6) is -0.0495. The third-order valence-electron chi connectivity index (χ3n) is 3.42. The zero-order chi connectivity index (χ0) is 14.0. The summed E-state index contributed by atoms with van der Waals surface area (Å²) in [5, 5.41) is 9.48. The van der Waals surface area contributed by atoms with Crippen LogP contribution in [0.2, 0.25) is 0 Å². The lowest BCUT2D eigenvalue weighted by Gasteiger charge is -2.17. The van der Waals surface area contributed by atoms with Crippen molar-refractivity contribution in [2.45, 2.75) is 25.9 Å². The molecule has 1 amide bonds. The molecule has 1 fully saturated rings. The molecule has 7 nitrogen and oxygen atoms in total. The van der Waals surface area contributed by atoms with E-state index in [0.717, 1.165) is 6.42 Å². The lowest BCUT2D eigenvalue weighted by atomic mass is 10.0. The van der Waals surface area contributed by atoms with Crippen molar-refractivity contribution in [3.05, 3.63) is 32.6 Å². The van der Waals surface area contributed by atoms with Crippen LogP contribution in [0.25, 0.3) is 0 Å². The predicted octanol–water partition coefficient (Wildman–Crippen LogP) is -1.16. The number of aliphatic hydroxyl groups is 1. The number of H-pyrrole nitrogens is 2. The van der Waals surface area contributed by atoms with Crippen LogP contribution in [0.3, 0.4) is 0 Å². The highest BCUT2D eigenvalue weighted by Crippen LogP contribution is 2.20. The topological polar surface area (TPSA) is 106 Å². The van der Waals surface area contributed by atoms with Gasteiger partial charge in [-0.15, -0.1) is 0 Å². The van der Waals surface area contributed by atoms with Crippen LogP contribution >= 0.6 is 0 Å². The Morgan fingerprint density at radius 1 is 1.53 bits per heavy atom. The maximum absolute atomic E-state index is 12.0. The third kappa shape index (κ3) is 3.31. The molecular weight excluding hydrogens is 250 g/mol. The van der Waals surface area contributed by atoms with Gasteiger partial charge in [0.25, 0.3) is 5.56 Å². The van der Waals surface area contributed by atoms with Gasteiger partial charge in [-0.05, 0) is 13.3 Å². The first kappa shape index (κ1) is 13.5. The van der Waals surface area contributed by atoms with Gasteiger partial charge in [-0.25, -0.2) is 4.79 Å². The summed E-state index contributed by atoms with van der Waals surface area (Å²) in [6.45, 7) is 2.83. The number of hydrogen-bond acceptors (Lipinski definition) is 4. The first-order valence-corrected chi connectivity index (χ1v) is 6.24. The number of carbonyl (C=O) groups excluding carboxylic acids is 1. The van der Waals surface area contributed by atoms with Gasteiger partial charge in [0.1, 0.15) is 0 Å². The fraction of sp³-hybridized carbons (Fsp3) is 0.583. The van der Waals surface area contributed by atoms with E-state index in [2.05, 4.69) is 9.97 Å². The van der Waals surface area contributed by atoms with E-state index in [4.69, 9.17) is 0 Å². The quantitative estimate of drug-likeness (QED) is 0.642. The molecule has 0 bridgehead atoms. The molecule has 3 N–H and O–H groups in total. The zero-order valence-electron chi connectivity index (χ0n) is 10.7. The summed E-state index contributed by atoms with van der Waals surface area (Å²) in [4.78, 5) is 40.4. The molecule has 0 spiro atoms. The Morgan fingerprint density at radius 2 is 2.26 bits per heavy atom. The molecule has 1 saturated heterocycles. The maximum Gasteiger partial charge on any atom is 0.325 e. The Hall–Kier alpha value is -1.89. The van der Waals surface area contributed by atoms with Gasteiger partial charge in [0.2, 0.25) is 5.91 Å². The molecule has 19 heavy (non-hydrogen) atoms. The molecule has 1 aromatic rings. The van der Waals surface area contributed by atoms with Crippen molar-refractivity contribution in [1.29, 1.82) is 0 Å². The van der Waals surface area contributed by atoms with E-state index in [1.165, 1.54) is 6.07 Å². The van der Waals surface area contributed by atoms with Crippen LogP contribution in [0.15, 0.2) is 15.7 Å². The Balaban J connectivity index is 2.02. The van der Waals surface area contributed by atoms with Gasteiger partial charge >= 0.3 is 5.69 Å². The maximum atomic E-state index is 12.0. The molecule has 7 heteroatoms. The summed E-state index contributed by atoms with van der Waals surface area (Å²) < 4.78 is 0. The van der Waals surface area contributed by atoms with Crippen molar-refractivity contribution in [3.63, 3.8) is 0 Å². The predicted molar refractivity (Wildman–Crippen MR) is 67.8 cm³/mol. The summed E-state index contributed by atoms with van der Waals surface area (Å²) in [5.41, 5.74) is -0.826. The van der Waals surface area contributed by atoms with Gasteiger partial charge in [0.05, 0.1) is 12.5 Å². The molecule has 1 aromatic heterocycles. The molecule has 0 saturated carbocycles. The minimum absolute atomic E-state index is 0.00824. The minimum atomic E-state index is -0.612. The number of aromatic nitrogens is 2. The van der Waals surface area contributed by atoms with Gasteiger partial charge in [-0.2, -0.15) is 0 Å². The van der Waals surface area contributed by atoms with Crippen molar-refractivity contribution >= 4 is 5.91 Å². The molecule has 2 heterocycles. The summed E-state index contributed by atoms with van der Waals surface area (Å²) >= 11 is 0. The minimum Gasteiger partial charge on any atom is -0.393 e. The standard InChI is InChI=1S/C12H17N3O4/c1-7(16)8-2-3-15(6-8)11(18)5-9-4-10(17)14-12(19)13-9/h4,7-8,16H,2-3,5-6H2,1H3,(H2,13,14,17,19). The second-order valence-electron chi connectivity index (χ2n) is 4.92. The number of hydrogen-bond donors (Lipinski definition) is 3. The Kier molecular flexibility index (Phi) is 3.84. The Morgan fingerprint density at radius 3 is 2.84 bits per heavy atom. The van der Waals surface area contributed by atoms with Gasteiger partial charge in [0.15, 0.2) is 0 Å². The molecule has 2 rings (SSSR count). The van der Waals surface area contributed by atoms with Crippen molar-refractivity contribution in [3.8, 4) is 0 Å². The van der Waals surface area contributed by atoms with Gasteiger partial charge in [-0.3, -0.25) is 14.6 Å². The summed E-state index contributed by atoms with van der Waals surface area (Å²) in [6.07, 6.45) is 0.332. The number of nitrogens with zero attached hydrogens (tertiary/aromatic N) is 1. The molecule has 2 atom stereocenters. The van der Waals surface area contributed by atoms with Gasteiger partial charge < -0.3 is 15.0 Å². The number of nitrogens with one attached hydrogen (secondary N) is 2. The van der Waals surface area contributed by atoms with Gasteiger partial charge in [0, 0.05) is 30.8 Å². The van der Waals surface area contributed by atoms with E-state index in [0.29, 0.717) is 18.8 Å². The first-order valence-electron chi connectivity index (χ1n) is 6.24. The largest absolute Gasteiger partial charge is 0.393 e. The molecule has 0 radical (unpaired) electrons. The molecular formula is C12H17N3O4. The molecule has 1 aliphatic rings. The van der Waals surface area contributed by atoms with E-state index in [1.807, 2.05) is 0 Å². The third-order valence-corrected chi connectivity index (χ3v) is 3.42.